The van der Waals surface area contributed by atoms with Gasteiger partial charge in [-0.3, -0.25) is 5.32 Å². The minimum absolute atomic E-state index is 0.195. The number of esters is 1. The molecule has 104 valence electrons. The van der Waals surface area contributed by atoms with Crippen molar-refractivity contribution >= 4 is 17.3 Å². The summed E-state index contributed by atoms with van der Waals surface area (Å²) in [4.78, 5) is 13.6. The molecule has 2 aromatic rings. The Balaban J connectivity index is 1.92. The van der Waals surface area contributed by atoms with Crippen molar-refractivity contribution in [3.8, 4) is 0 Å². The molecule has 1 heterocycles. The molecular weight excluding hydrogens is 270 g/mol. The lowest BCUT2D eigenvalue weighted by atomic mass is 9.91. The second-order valence-corrected chi connectivity index (χ2v) is 6.02. The van der Waals surface area contributed by atoms with Crippen LogP contribution in [-0.2, 0) is 28.0 Å². The van der Waals surface area contributed by atoms with Crippen LogP contribution < -0.4 is 5.32 Å². The molecule has 20 heavy (non-hydrogen) atoms. The van der Waals surface area contributed by atoms with Crippen molar-refractivity contribution in [1.82, 2.24) is 5.32 Å². The van der Waals surface area contributed by atoms with Gasteiger partial charge in [0.1, 0.15) is 5.54 Å². The Morgan fingerprint density at radius 3 is 2.95 bits per heavy atom. The van der Waals surface area contributed by atoms with E-state index in [1.807, 2.05) is 29.6 Å². The van der Waals surface area contributed by atoms with Gasteiger partial charge in [-0.2, -0.15) is 0 Å². The molecule has 0 radical (unpaired) electrons. The normalized spacial score (nSPS) is 20.6. The Kier molecular flexibility index (Phi) is 3.59. The number of hydrogen-bond acceptors (Lipinski definition) is 4. The molecule has 0 fully saturated rings. The van der Waals surface area contributed by atoms with Gasteiger partial charge in [0.15, 0.2) is 0 Å². The van der Waals surface area contributed by atoms with Crippen LogP contribution in [-0.4, -0.2) is 13.1 Å². The molecule has 3 nitrogen and oxygen atoms in total. The Hall–Kier alpha value is -1.65. The first-order chi connectivity index (χ1) is 9.76. The molecule has 1 aromatic heterocycles. The van der Waals surface area contributed by atoms with Crippen LogP contribution in [0.4, 0.5) is 0 Å². The Labute approximate surface area is 122 Å². The van der Waals surface area contributed by atoms with Gasteiger partial charge in [-0.05, 0) is 35.4 Å². The second-order valence-electron chi connectivity index (χ2n) is 4.99. The summed E-state index contributed by atoms with van der Waals surface area (Å²) in [5.41, 5.74) is 1.59. The lowest BCUT2D eigenvalue weighted by Crippen LogP contribution is -2.47. The fourth-order valence-corrected chi connectivity index (χ4v) is 3.55. The first-order valence-electron chi connectivity index (χ1n) is 6.70. The smallest absolute Gasteiger partial charge is 0.330 e. The number of benzene rings is 1. The van der Waals surface area contributed by atoms with Crippen molar-refractivity contribution < 1.29 is 9.53 Å². The third kappa shape index (κ3) is 2.15. The number of rotatable bonds is 4. The Bertz CT molecular complexity index is 609. The van der Waals surface area contributed by atoms with E-state index in [1.54, 1.807) is 11.3 Å². The zero-order valence-corrected chi connectivity index (χ0v) is 12.2. The largest absolute Gasteiger partial charge is 0.467 e. The zero-order valence-electron chi connectivity index (χ0n) is 11.4. The van der Waals surface area contributed by atoms with Crippen molar-refractivity contribution in [3.63, 3.8) is 0 Å². The summed E-state index contributed by atoms with van der Waals surface area (Å²) in [6.07, 6.45) is 1.66. The summed E-state index contributed by atoms with van der Waals surface area (Å²) in [6, 6.07) is 12.2. The van der Waals surface area contributed by atoms with Crippen molar-refractivity contribution in [2.45, 2.75) is 24.9 Å². The maximum Gasteiger partial charge on any atom is 0.330 e. The average Bonchev–Trinajstić information content (AvgIpc) is 3.13. The monoisotopic (exact) mass is 287 g/mol. The van der Waals surface area contributed by atoms with Gasteiger partial charge < -0.3 is 4.74 Å². The standard InChI is InChI=1S/C16H17NO2S/c1-19-15(18)16(17-11-13-6-4-10-20-13)9-8-12-5-2-3-7-14(12)16/h2-7,10,17H,8-9,11H2,1H3. The van der Waals surface area contributed by atoms with Gasteiger partial charge in [-0.1, -0.05) is 30.3 Å². The molecule has 1 aliphatic carbocycles. The summed E-state index contributed by atoms with van der Waals surface area (Å²) in [5.74, 6) is -0.195. The summed E-state index contributed by atoms with van der Waals surface area (Å²) >= 11 is 1.69. The fourth-order valence-electron chi connectivity index (χ4n) is 2.90. The molecule has 4 heteroatoms. The maximum atomic E-state index is 12.4. The first-order valence-corrected chi connectivity index (χ1v) is 7.58. The van der Waals surface area contributed by atoms with E-state index < -0.39 is 5.54 Å². The molecule has 0 aliphatic heterocycles. The van der Waals surface area contributed by atoms with Gasteiger partial charge in [-0.25, -0.2) is 4.79 Å². The maximum absolute atomic E-state index is 12.4. The number of carbonyl (C=O) groups excluding carboxylic acids is 1. The summed E-state index contributed by atoms with van der Waals surface area (Å²) in [7, 11) is 1.46. The first kappa shape index (κ1) is 13.3. The second kappa shape index (κ2) is 5.38. The highest BCUT2D eigenvalue weighted by atomic mass is 32.1. The zero-order chi connectivity index (χ0) is 14.0. The molecule has 1 unspecified atom stereocenters. The molecule has 1 aliphatic rings. The predicted molar refractivity (Wildman–Crippen MR) is 79.6 cm³/mol. The van der Waals surface area contributed by atoms with Crippen LogP contribution in [0.25, 0.3) is 0 Å². The van der Waals surface area contributed by atoms with Crippen molar-refractivity contribution in [3.05, 3.63) is 57.8 Å². The van der Waals surface area contributed by atoms with Crippen LogP contribution in [0, 0.1) is 0 Å². The third-order valence-corrected chi connectivity index (χ3v) is 4.80. The lowest BCUT2D eigenvalue weighted by Gasteiger charge is -2.28. The van der Waals surface area contributed by atoms with Crippen LogP contribution in [0.2, 0.25) is 0 Å². The highest BCUT2D eigenvalue weighted by Crippen LogP contribution is 2.38. The highest BCUT2D eigenvalue weighted by Gasteiger charge is 2.45. The molecule has 0 saturated heterocycles. The quantitative estimate of drug-likeness (QED) is 0.879. The van der Waals surface area contributed by atoms with E-state index in [0.29, 0.717) is 6.54 Å². The van der Waals surface area contributed by atoms with Gasteiger partial charge in [0.05, 0.1) is 7.11 Å². The molecule has 0 spiro atoms. The number of carbonyl (C=O) groups is 1. The highest BCUT2D eigenvalue weighted by molar-refractivity contribution is 7.09. The van der Waals surface area contributed by atoms with Crippen LogP contribution in [0.5, 0.6) is 0 Å². The van der Waals surface area contributed by atoms with Gasteiger partial charge in [0.2, 0.25) is 0 Å². The number of hydrogen-bond donors (Lipinski definition) is 1. The topological polar surface area (TPSA) is 38.3 Å². The van der Waals surface area contributed by atoms with E-state index in [4.69, 9.17) is 4.74 Å². The van der Waals surface area contributed by atoms with E-state index >= 15 is 0 Å². The molecular formula is C16H17NO2S. The van der Waals surface area contributed by atoms with Crippen LogP contribution in [0.1, 0.15) is 22.4 Å². The minimum atomic E-state index is -0.699. The summed E-state index contributed by atoms with van der Waals surface area (Å²) in [6.45, 7) is 0.682. The average molecular weight is 287 g/mol. The predicted octanol–water partition coefficient (Wildman–Crippen LogP) is 2.85. The molecule has 0 bridgehead atoms. The number of methoxy groups -OCH3 is 1. The van der Waals surface area contributed by atoms with Crippen molar-refractivity contribution in [2.24, 2.45) is 0 Å². The Morgan fingerprint density at radius 2 is 2.20 bits per heavy atom. The van der Waals surface area contributed by atoms with Gasteiger partial charge >= 0.3 is 5.97 Å². The molecule has 1 atom stereocenters. The van der Waals surface area contributed by atoms with Crippen molar-refractivity contribution in [2.75, 3.05) is 7.11 Å². The van der Waals surface area contributed by atoms with Crippen LogP contribution in [0.15, 0.2) is 41.8 Å². The molecule has 1 aromatic carbocycles. The van der Waals surface area contributed by atoms with E-state index in [-0.39, 0.29) is 5.97 Å². The lowest BCUT2D eigenvalue weighted by molar-refractivity contribution is -0.149. The number of thiophene rings is 1. The molecule has 1 N–H and O–H groups in total. The van der Waals surface area contributed by atoms with Crippen LogP contribution >= 0.6 is 11.3 Å². The van der Waals surface area contributed by atoms with Gasteiger partial charge in [-0.15, -0.1) is 11.3 Å². The minimum Gasteiger partial charge on any atom is -0.467 e. The molecule has 0 saturated carbocycles. The van der Waals surface area contributed by atoms with Gasteiger partial charge in [0, 0.05) is 11.4 Å². The van der Waals surface area contributed by atoms with E-state index in [0.717, 1.165) is 18.4 Å². The van der Waals surface area contributed by atoms with Gasteiger partial charge in [0.25, 0.3) is 0 Å². The van der Waals surface area contributed by atoms with E-state index in [1.165, 1.54) is 17.6 Å². The molecule has 0 amide bonds. The summed E-state index contributed by atoms with van der Waals surface area (Å²) < 4.78 is 5.07. The third-order valence-electron chi connectivity index (χ3n) is 3.92. The van der Waals surface area contributed by atoms with E-state index in [2.05, 4.69) is 17.4 Å². The van der Waals surface area contributed by atoms with E-state index in [9.17, 15) is 4.79 Å². The van der Waals surface area contributed by atoms with Crippen LogP contribution in [0.3, 0.4) is 0 Å². The number of ether oxygens (including phenoxy) is 1. The number of fused-ring (bicyclic) bond motifs is 1. The van der Waals surface area contributed by atoms with Crippen molar-refractivity contribution in [1.29, 1.82) is 0 Å². The number of aryl methyl sites for hydroxylation is 1. The summed E-state index contributed by atoms with van der Waals surface area (Å²) in [5, 5.41) is 5.49. The SMILES string of the molecule is COC(=O)C1(NCc2cccs2)CCc2ccccc21. The fraction of sp³-hybridized carbons (Fsp3) is 0.312. The Morgan fingerprint density at radius 1 is 1.35 bits per heavy atom. The number of nitrogens with one attached hydrogen (secondary N) is 1. The molecule has 3 rings (SSSR count).